The van der Waals surface area contributed by atoms with Gasteiger partial charge in [0.25, 0.3) is 5.91 Å². The van der Waals surface area contributed by atoms with Crippen molar-refractivity contribution in [2.75, 3.05) is 6.54 Å². The van der Waals surface area contributed by atoms with Gasteiger partial charge in [-0.05, 0) is 37.8 Å². The lowest BCUT2D eigenvalue weighted by Crippen LogP contribution is -2.27. The number of benzene rings is 2. The number of nitrogens with zero attached hydrogens (tertiary/aromatic N) is 2. The molecule has 0 aliphatic rings. The molecule has 3 rings (SSSR count). The van der Waals surface area contributed by atoms with Gasteiger partial charge in [-0.25, -0.2) is 9.97 Å². The molecular formula is C24H26ClN3O. The quantitative estimate of drug-likeness (QED) is 0.507. The van der Waals surface area contributed by atoms with E-state index in [1.54, 1.807) is 0 Å². The van der Waals surface area contributed by atoms with Crippen molar-refractivity contribution in [3.8, 4) is 11.3 Å². The Morgan fingerprint density at radius 3 is 2.45 bits per heavy atom. The lowest BCUT2D eigenvalue weighted by Gasteiger charge is -2.14. The van der Waals surface area contributed by atoms with E-state index in [4.69, 9.17) is 16.6 Å². The number of nitrogens with one attached hydrogen (secondary N) is 1. The van der Waals surface area contributed by atoms with Crippen molar-refractivity contribution in [2.24, 2.45) is 0 Å². The first-order valence-corrected chi connectivity index (χ1v) is 10.4. The van der Waals surface area contributed by atoms with Crippen molar-refractivity contribution in [1.82, 2.24) is 15.3 Å². The molecule has 1 heterocycles. The molecule has 0 radical (unpaired) electrons. The van der Waals surface area contributed by atoms with Gasteiger partial charge in [0.05, 0.1) is 17.0 Å². The standard InChI is InChI=1S/C24H26ClN3O/c1-3-10-21-27-17(2)22(23(28-21)19-14-7-8-15-20(19)25)24(29)26-16-9-13-18-11-5-4-6-12-18/h4-8,11-12,14-15H,3,9-10,13,16H2,1-2H3,(H,26,29). The molecule has 1 aromatic heterocycles. The lowest BCUT2D eigenvalue weighted by atomic mass is 10.0. The van der Waals surface area contributed by atoms with E-state index in [0.29, 0.717) is 28.5 Å². The molecule has 0 fully saturated rings. The molecule has 0 saturated carbocycles. The summed E-state index contributed by atoms with van der Waals surface area (Å²) in [7, 11) is 0. The van der Waals surface area contributed by atoms with Gasteiger partial charge in [-0.3, -0.25) is 4.79 Å². The van der Waals surface area contributed by atoms with E-state index in [-0.39, 0.29) is 5.91 Å². The maximum absolute atomic E-state index is 13.0. The zero-order valence-corrected chi connectivity index (χ0v) is 17.7. The fourth-order valence-corrected chi connectivity index (χ4v) is 3.54. The van der Waals surface area contributed by atoms with Crippen LogP contribution in [0.3, 0.4) is 0 Å². The van der Waals surface area contributed by atoms with Gasteiger partial charge >= 0.3 is 0 Å². The molecule has 150 valence electrons. The highest BCUT2D eigenvalue weighted by molar-refractivity contribution is 6.33. The van der Waals surface area contributed by atoms with Gasteiger partial charge in [0.1, 0.15) is 5.82 Å². The van der Waals surface area contributed by atoms with E-state index in [2.05, 4.69) is 29.4 Å². The Bertz CT molecular complexity index is 973. The fourth-order valence-electron chi connectivity index (χ4n) is 3.31. The van der Waals surface area contributed by atoms with E-state index >= 15 is 0 Å². The minimum Gasteiger partial charge on any atom is -0.352 e. The first-order chi connectivity index (χ1) is 14.1. The molecule has 29 heavy (non-hydrogen) atoms. The van der Waals surface area contributed by atoms with Crippen LogP contribution < -0.4 is 5.32 Å². The van der Waals surface area contributed by atoms with Gasteiger partial charge in [0.15, 0.2) is 0 Å². The number of amides is 1. The van der Waals surface area contributed by atoms with Gasteiger partial charge in [0, 0.05) is 23.6 Å². The van der Waals surface area contributed by atoms with E-state index in [1.165, 1.54) is 5.56 Å². The van der Waals surface area contributed by atoms with Crippen molar-refractivity contribution < 1.29 is 4.79 Å². The molecule has 0 atom stereocenters. The van der Waals surface area contributed by atoms with Gasteiger partial charge in [-0.15, -0.1) is 0 Å². The fraction of sp³-hybridized carbons (Fsp3) is 0.292. The second kappa shape index (κ2) is 10.2. The third-order valence-corrected chi connectivity index (χ3v) is 5.07. The van der Waals surface area contributed by atoms with Crippen LogP contribution >= 0.6 is 11.6 Å². The Balaban J connectivity index is 1.81. The van der Waals surface area contributed by atoms with Crippen LogP contribution in [-0.2, 0) is 12.8 Å². The minimum atomic E-state index is -0.159. The molecule has 0 bridgehead atoms. The molecule has 0 saturated heterocycles. The number of aromatic nitrogens is 2. The molecular weight excluding hydrogens is 382 g/mol. The average Bonchev–Trinajstić information content (AvgIpc) is 2.72. The molecule has 3 aromatic rings. The summed E-state index contributed by atoms with van der Waals surface area (Å²) in [4.78, 5) is 22.3. The van der Waals surface area contributed by atoms with Crippen molar-refractivity contribution in [1.29, 1.82) is 0 Å². The summed E-state index contributed by atoms with van der Waals surface area (Å²) in [5, 5.41) is 3.60. The average molecular weight is 408 g/mol. The summed E-state index contributed by atoms with van der Waals surface area (Å²) in [6.45, 7) is 4.53. The highest BCUT2D eigenvalue weighted by Crippen LogP contribution is 2.30. The van der Waals surface area contributed by atoms with Crippen LogP contribution in [0.5, 0.6) is 0 Å². The van der Waals surface area contributed by atoms with Crippen molar-refractivity contribution in [3.05, 3.63) is 82.3 Å². The maximum atomic E-state index is 13.0. The second-order valence-electron chi connectivity index (χ2n) is 7.02. The van der Waals surface area contributed by atoms with Crippen molar-refractivity contribution >= 4 is 17.5 Å². The van der Waals surface area contributed by atoms with E-state index in [0.717, 1.165) is 37.1 Å². The Hall–Kier alpha value is -2.72. The minimum absolute atomic E-state index is 0.159. The van der Waals surface area contributed by atoms with Crippen molar-refractivity contribution in [2.45, 2.75) is 39.5 Å². The normalized spacial score (nSPS) is 10.7. The highest BCUT2D eigenvalue weighted by atomic mass is 35.5. The zero-order valence-electron chi connectivity index (χ0n) is 16.9. The smallest absolute Gasteiger partial charge is 0.255 e. The van der Waals surface area contributed by atoms with Crippen LogP contribution in [0.25, 0.3) is 11.3 Å². The van der Waals surface area contributed by atoms with Gasteiger partial charge in [-0.2, -0.15) is 0 Å². The number of hydrogen-bond acceptors (Lipinski definition) is 3. The number of hydrogen-bond donors (Lipinski definition) is 1. The van der Waals surface area contributed by atoms with E-state index < -0.39 is 0 Å². The summed E-state index contributed by atoms with van der Waals surface area (Å²) in [5.41, 5.74) is 3.80. The van der Waals surface area contributed by atoms with Crippen LogP contribution in [0.1, 0.15) is 47.2 Å². The lowest BCUT2D eigenvalue weighted by molar-refractivity contribution is 0.0952. The Morgan fingerprint density at radius 2 is 1.72 bits per heavy atom. The van der Waals surface area contributed by atoms with Crippen LogP contribution in [0.2, 0.25) is 5.02 Å². The van der Waals surface area contributed by atoms with Crippen LogP contribution in [0, 0.1) is 6.92 Å². The van der Waals surface area contributed by atoms with Crippen molar-refractivity contribution in [3.63, 3.8) is 0 Å². The Kier molecular flexibility index (Phi) is 7.36. The summed E-state index contributed by atoms with van der Waals surface area (Å²) in [5.74, 6) is 0.578. The summed E-state index contributed by atoms with van der Waals surface area (Å²) in [6.07, 6.45) is 3.48. The molecule has 2 aromatic carbocycles. The monoisotopic (exact) mass is 407 g/mol. The number of carbonyl (C=O) groups is 1. The van der Waals surface area contributed by atoms with Crippen LogP contribution in [0.4, 0.5) is 0 Å². The Labute approximate surface area is 177 Å². The van der Waals surface area contributed by atoms with Crippen LogP contribution in [-0.4, -0.2) is 22.4 Å². The number of halogens is 1. The van der Waals surface area contributed by atoms with Gasteiger partial charge < -0.3 is 5.32 Å². The molecule has 1 N–H and O–H groups in total. The van der Waals surface area contributed by atoms with E-state index in [1.807, 2.05) is 49.4 Å². The number of carbonyl (C=O) groups excluding carboxylic acids is 1. The van der Waals surface area contributed by atoms with Crippen LogP contribution in [0.15, 0.2) is 54.6 Å². The molecule has 0 aliphatic carbocycles. The Morgan fingerprint density at radius 1 is 1.00 bits per heavy atom. The number of aryl methyl sites for hydroxylation is 3. The predicted molar refractivity (Wildman–Crippen MR) is 118 cm³/mol. The van der Waals surface area contributed by atoms with Gasteiger partial charge in [0.2, 0.25) is 0 Å². The highest BCUT2D eigenvalue weighted by Gasteiger charge is 2.21. The molecule has 0 spiro atoms. The predicted octanol–water partition coefficient (Wildman–Crippen LogP) is 5.42. The topological polar surface area (TPSA) is 54.9 Å². The SMILES string of the molecule is CCCc1nc(C)c(C(=O)NCCCc2ccccc2)c(-c2ccccc2Cl)n1. The largest absolute Gasteiger partial charge is 0.352 e. The molecule has 1 amide bonds. The summed E-state index contributed by atoms with van der Waals surface area (Å²) < 4.78 is 0. The first kappa shape index (κ1) is 21.0. The third-order valence-electron chi connectivity index (χ3n) is 4.74. The summed E-state index contributed by atoms with van der Waals surface area (Å²) >= 11 is 6.42. The molecule has 4 nitrogen and oxygen atoms in total. The summed E-state index contributed by atoms with van der Waals surface area (Å²) in [6, 6.07) is 17.7. The van der Waals surface area contributed by atoms with E-state index in [9.17, 15) is 4.79 Å². The molecule has 0 aliphatic heterocycles. The molecule has 0 unspecified atom stereocenters. The maximum Gasteiger partial charge on any atom is 0.255 e. The van der Waals surface area contributed by atoms with Gasteiger partial charge in [-0.1, -0.05) is 67.1 Å². The molecule has 5 heteroatoms. The second-order valence-corrected chi connectivity index (χ2v) is 7.43. The first-order valence-electron chi connectivity index (χ1n) is 10.0. The number of rotatable bonds is 8. The zero-order chi connectivity index (χ0) is 20.6. The third kappa shape index (κ3) is 5.42.